The van der Waals surface area contributed by atoms with Gasteiger partial charge in [0.25, 0.3) is 0 Å². The smallest absolute Gasteiger partial charge is 0.212 e. The maximum Gasteiger partial charge on any atom is 0.212 e. The first kappa shape index (κ1) is 8.88. The molecular weight excluding hydrogens is 210 g/mol. The summed E-state index contributed by atoms with van der Waals surface area (Å²) in [5.74, 6) is 1.90. The molecule has 0 spiro atoms. The summed E-state index contributed by atoms with van der Waals surface area (Å²) in [6.07, 6.45) is 11.6. The van der Waals surface area contributed by atoms with Crippen LogP contribution in [0.25, 0.3) is 17.0 Å². The number of rotatable bonds is 0. The summed E-state index contributed by atoms with van der Waals surface area (Å²) >= 11 is 0. The summed E-state index contributed by atoms with van der Waals surface area (Å²) in [5.41, 5.74) is 1.14. The number of nitrogens with zero attached hydrogens (tertiary/aromatic N) is 1. The van der Waals surface area contributed by atoms with E-state index in [0.29, 0.717) is 0 Å². The van der Waals surface area contributed by atoms with Crippen molar-refractivity contribution < 1.29 is 4.74 Å². The SMILES string of the molecule is C1=CC2=Cn3cc4ccccc4c3OC2=CC1. The van der Waals surface area contributed by atoms with Gasteiger partial charge in [-0.2, -0.15) is 0 Å². The van der Waals surface area contributed by atoms with Gasteiger partial charge in [-0.1, -0.05) is 30.4 Å². The second-order valence-corrected chi connectivity index (χ2v) is 4.32. The van der Waals surface area contributed by atoms with Gasteiger partial charge in [0, 0.05) is 28.7 Å². The predicted molar refractivity (Wildman–Crippen MR) is 68.7 cm³/mol. The number of allylic oxidation sites excluding steroid dienone is 3. The summed E-state index contributed by atoms with van der Waals surface area (Å²) in [7, 11) is 0. The lowest BCUT2D eigenvalue weighted by molar-refractivity contribution is 0.409. The lowest BCUT2D eigenvalue weighted by atomic mass is 10.1. The first-order chi connectivity index (χ1) is 8.42. The first-order valence-corrected chi connectivity index (χ1v) is 5.78. The Kier molecular flexibility index (Phi) is 1.64. The maximum absolute atomic E-state index is 5.99. The molecule has 0 atom stereocenters. The van der Waals surface area contributed by atoms with Crippen molar-refractivity contribution in [3.63, 3.8) is 0 Å². The van der Waals surface area contributed by atoms with Crippen LogP contribution in [0, 0.1) is 0 Å². The Hall–Kier alpha value is -2.22. The fraction of sp³-hybridized carbons (Fsp3) is 0.0667. The third-order valence-electron chi connectivity index (χ3n) is 3.21. The monoisotopic (exact) mass is 221 g/mol. The molecule has 0 unspecified atom stereocenters. The van der Waals surface area contributed by atoms with Crippen LogP contribution in [-0.4, -0.2) is 4.57 Å². The van der Waals surface area contributed by atoms with E-state index in [9.17, 15) is 0 Å². The molecule has 1 aromatic carbocycles. The minimum Gasteiger partial charge on any atom is -0.439 e. The molecule has 2 heteroatoms. The minimum atomic E-state index is 0.922. The average Bonchev–Trinajstić information content (AvgIpc) is 2.73. The quantitative estimate of drug-likeness (QED) is 0.661. The van der Waals surface area contributed by atoms with E-state index in [1.807, 2.05) is 12.1 Å². The van der Waals surface area contributed by atoms with Gasteiger partial charge in [-0.25, -0.2) is 0 Å². The molecule has 0 fully saturated rings. The van der Waals surface area contributed by atoms with Crippen molar-refractivity contribution in [1.82, 2.24) is 4.57 Å². The molecule has 0 saturated heterocycles. The van der Waals surface area contributed by atoms with Crippen molar-refractivity contribution in [2.45, 2.75) is 6.42 Å². The normalized spacial score (nSPS) is 16.9. The van der Waals surface area contributed by atoms with Crippen molar-refractivity contribution in [3.05, 3.63) is 60.0 Å². The van der Waals surface area contributed by atoms with Crippen LogP contribution in [0.1, 0.15) is 6.42 Å². The Labute approximate surface area is 99.1 Å². The molecule has 2 nitrogen and oxygen atoms in total. The van der Waals surface area contributed by atoms with E-state index in [1.54, 1.807) is 0 Å². The average molecular weight is 221 g/mol. The molecule has 0 saturated carbocycles. The lowest BCUT2D eigenvalue weighted by Gasteiger charge is -2.20. The molecule has 2 aromatic rings. The zero-order chi connectivity index (χ0) is 11.2. The van der Waals surface area contributed by atoms with Crippen molar-refractivity contribution in [1.29, 1.82) is 0 Å². The highest BCUT2D eigenvalue weighted by Crippen LogP contribution is 2.36. The second kappa shape index (κ2) is 3.14. The van der Waals surface area contributed by atoms with E-state index in [0.717, 1.165) is 23.6 Å². The highest BCUT2D eigenvalue weighted by Gasteiger charge is 2.19. The van der Waals surface area contributed by atoms with Crippen molar-refractivity contribution in [2.24, 2.45) is 0 Å². The zero-order valence-electron chi connectivity index (χ0n) is 9.26. The predicted octanol–water partition coefficient (Wildman–Crippen LogP) is 3.72. The number of hydrogen-bond acceptors (Lipinski definition) is 1. The van der Waals surface area contributed by atoms with Crippen LogP contribution in [0.2, 0.25) is 0 Å². The van der Waals surface area contributed by atoms with Crippen LogP contribution in [0.4, 0.5) is 0 Å². The minimum absolute atomic E-state index is 0.922. The molecule has 1 aromatic heterocycles. The van der Waals surface area contributed by atoms with Gasteiger partial charge in [0.05, 0.1) is 0 Å². The van der Waals surface area contributed by atoms with E-state index in [2.05, 4.69) is 47.3 Å². The molecule has 4 rings (SSSR count). The Morgan fingerprint density at radius 3 is 3.12 bits per heavy atom. The molecule has 0 bridgehead atoms. The Morgan fingerprint density at radius 2 is 2.12 bits per heavy atom. The second-order valence-electron chi connectivity index (χ2n) is 4.32. The van der Waals surface area contributed by atoms with E-state index >= 15 is 0 Å². The molecule has 2 aliphatic rings. The summed E-state index contributed by atoms with van der Waals surface area (Å²) in [5, 5.41) is 2.38. The van der Waals surface area contributed by atoms with E-state index < -0.39 is 0 Å². The Balaban J connectivity index is 2.02. The maximum atomic E-state index is 5.99. The topological polar surface area (TPSA) is 14.2 Å². The summed E-state index contributed by atoms with van der Waals surface area (Å²) < 4.78 is 8.06. The summed E-state index contributed by atoms with van der Waals surface area (Å²) in [4.78, 5) is 0. The van der Waals surface area contributed by atoms with Gasteiger partial charge in [-0.15, -0.1) is 0 Å². The van der Waals surface area contributed by atoms with Crippen LogP contribution in [0.5, 0.6) is 5.88 Å². The molecular formula is C15H11NO. The molecule has 2 heterocycles. The van der Waals surface area contributed by atoms with E-state index in [-0.39, 0.29) is 0 Å². The standard InChI is InChI=1S/C15H11NO/c1-3-7-13-11(5-1)9-16-10-12-6-2-4-8-14(12)17-15(13)16/h1-3,5-10H,4H2. The largest absolute Gasteiger partial charge is 0.439 e. The lowest BCUT2D eigenvalue weighted by Crippen LogP contribution is -2.08. The van der Waals surface area contributed by atoms with Crippen LogP contribution in [0.3, 0.4) is 0 Å². The number of ether oxygens (including phenoxy) is 1. The van der Waals surface area contributed by atoms with Crippen LogP contribution in [0.15, 0.2) is 60.0 Å². The van der Waals surface area contributed by atoms with Crippen LogP contribution in [-0.2, 0) is 0 Å². The number of hydrogen-bond donors (Lipinski definition) is 0. The van der Waals surface area contributed by atoms with Gasteiger partial charge >= 0.3 is 0 Å². The third kappa shape index (κ3) is 1.21. The van der Waals surface area contributed by atoms with Crippen molar-refractivity contribution in [3.8, 4) is 5.88 Å². The van der Waals surface area contributed by atoms with Gasteiger partial charge in [-0.3, -0.25) is 4.57 Å². The Bertz CT molecular complexity index is 701. The van der Waals surface area contributed by atoms with Gasteiger partial charge < -0.3 is 4.74 Å². The first-order valence-electron chi connectivity index (χ1n) is 5.78. The molecule has 1 aliphatic carbocycles. The molecule has 0 amide bonds. The van der Waals surface area contributed by atoms with E-state index in [4.69, 9.17) is 4.74 Å². The number of benzene rings is 1. The van der Waals surface area contributed by atoms with Gasteiger partial charge in [0.2, 0.25) is 5.88 Å². The molecule has 82 valence electrons. The summed E-state index contributed by atoms with van der Waals surface area (Å²) in [6.45, 7) is 0. The highest BCUT2D eigenvalue weighted by molar-refractivity contribution is 5.90. The van der Waals surface area contributed by atoms with Crippen LogP contribution < -0.4 is 4.74 Å². The van der Waals surface area contributed by atoms with Gasteiger partial charge in [0.15, 0.2) is 0 Å². The van der Waals surface area contributed by atoms with Gasteiger partial charge in [0.1, 0.15) is 5.76 Å². The molecule has 1 aliphatic heterocycles. The Morgan fingerprint density at radius 1 is 1.18 bits per heavy atom. The highest BCUT2D eigenvalue weighted by atomic mass is 16.5. The molecule has 0 N–H and O–H groups in total. The third-order valence-corrected chi connectivity index (χ3v) is 3.21. The van der Waals surface area contributed by atoms with E-state index in [1.165, 1.54) is 10.8 Å². The van der Waals surface area contributed by atoms with Gasteiger partial charge in [-0.05, 0) is 18.6 Å². The van der Waals surface area contributed by atoms with Crippen molar-refractivity contribution in [2.75, 3.05) is 0 Å². The van der Waals surface area contributed by atoms with Crippen molar-refractivity contribution >= 4 is 17.0 Å². The fourth-order valence-electron chi connectivity index (χ4n) is 2.39. The molecule has 17 heavy (non-hydrogen) atoms. The van der Waals surface area contributed by atoms with Crippen LogP contribution >= 0.6 is 0 Å². The number of aromatic nitrogens is 1. The zero-order valence-corrected chi connectivity index (χ0v) is 9.26. The fourth-order valence-corrected chi connectivity index (χ4v) is 2.39. The number of fused-ring (bicyclic) bond motifs is 4. The summed E-state index contributed by atoms with van der Waals surface area (Å²) in [6, 6.07) is 8.30. The molecule has 0 radical (unpaired) electrons.